The lowest BCUT2D eigenvalue weighted by atomic mass is 9.89. The maximum Gasteiger partial charge on any atom is 0.325 e. The van der Waals surface area contributed by atoms with Crippen molar-refractivity contribution in [1.82, 2.24) is 20.4 Å². The predicted octanol–water partition coefficient (Wildman–Crippen LogP) is 2.64. The first-order valence-corrected chi connectivity index (χ1v) is 13.4. The Labute approximate surface area is 226 Å². The number of imide groups is 1. The minimum Gasteiger partial charge on any atom is -0.334 e. The van der Waals surface area contributed by atoms with Gasteiger partial charge in [0, 0.05) is 24.4 Å². The largest absolute Gasteiger partial charge is 0.334 e. The number of fused-ring (bicyclic) bond motifs is 2. The maximum atomic E-state index is 13.8. The van der Waals surface area contributed by atoms with E-state index in [1.165, 1.54) is 6.20 Å². The molecule has 2 N–H and O–H groups in total. The molecule has 1 saturated carbocycles. The first kappa shape index (κ1) is 25.0. The molecule has 2 fully saturated rings. The number of Topliss-reactive ketones (excluding diaryl/α,β-unsaturated/α-hetero) is 1. The van der Waals surface area contributed by atoms with Gasteiger partial charge in [-0.3, -0.25) is 24.1 Å². The summed E-state index contributed by atoms with van der Waals surface area (Å²) in [6.07, 6.45) is 4.26. The third kappa shape index (κ3) is 4.41. The van der Waals surface area contributed by atoms with Crippen LogP contribution in [0.5, 0.6) is 0 Å². The lowest BCUT2D eigenvalue weighted by Crippen LogP contribution is -2.47. The van der Waals surface area contributed by atoms with Crippen molar-refractivity contribution >= 4 is 35.1 Å². The summed E-state index contributed by atoms with van der Waals surface area (Å²) >= 11 is 0. The zero-order chi connectivity index (χ0) is 27.3. The second kappa shape index (κ2) is 9.48. The zero-order valence-corrected chi connectivity index (χ0v) is 21.7. The van der Waals surface area contributed by atoms with Crippen LogP contribution in [0.1, 0.15) is 54.9 Å². The number of nitrogens with one attached hydrogen (secondary N) is 2. The number of carbonyl (C=O) groups is 5. The molecule has 0 bridgehead atoms. The molecular weight excluding hydrogens is 496 g/mol. The number of rotatable bonds is 7. The van der Waals surface area contributed by atoms with Crippen LogP contribution in [0.4, 0.5) is 4.79 Å². The molecule has 1 unspecified atom stereocenters. The van der Waals surface area contributed by atoms with Crippen LogP contribution in [0, 0.1) is 5.92 Å². The summed E-state index contributed by atoms with van der Waals surface area (Å²) in [6.45, 7) is 2.15. The number of ketones is 1. The highest BCUT2D eigenvalue weighted by Gasteiger charge is 2.56. The highest BCUT2D eigenvalue weighted by atomic mass is 16.2. The third-order valence-electron chi connectivity index (χ3n) is 8.43. The lowest BCUT2D eigenvalue weighted by Gasteiger charge is -2.31. The number of benzene rings is 2. The van der Waals surface area contributed by atoms with Gasteiger partial charge in [-0.1, -0.05) is 48.5 Å². The zero-order valence-electron chi connectivity index (χ0n) is 21.7. The second-order valence-corrected chi connectivity index (χ2v) is 10.9. The van der Waals surface area contributed by atoms with Crippen molar-refractivity contribution in [2.45, 2.75) is 57.2 Å². The van der Waals surface area contributed by atoms with Crippen LogP contribution in [0.25, 0.3) is 5.57 Å². The van der Waals surface area contributed by atoms with E-state index in [1.54, 1.807) is 17.0 Å². The van der Waals surface area contributed by atoms with Gasteiger partial charge in [-0.2, -0.15) is 0 Å². The highest BCUT2D eigenvalue weighted by Crippen LogP contribution is 2.43. The molecule has 2 atom stereocenters. The number of carbonyl (C=O) groups excluding carboxylic acids is 5. The fourth-order valence-electron chi connectivity index (χ4n) is 6.03. The SMILES string of the molecule is C[C@@H](C1CC1)N(Cc1ccccc1)C(=O)CN1C(=O)NC2(CCc3cc(C4=CNC(=O)CC4=O)ccc32)C1=O. The van der Waals surface area contributed by atoms with Crippen LogP contribution in [0.2, 0.25) is 0 Å². The van der Waals surface area contributed by atoms with Crippen LogP contribution < -0.4 is 10.6 Å². The summed E-state index contributed by atoms with van der Waals surface area (Å²) in [5, 5.41) is 5.47. The van der Waals surface area contributed by atoms with Gasteiger partial charge in [0.1, 0.15) is 12.1 Å². The van der Waals surface area contributed by atoms with E-state index in [1.807, 2.05) is 43.3 Å². The monoisotopic (exact) mass is 526 g/mol. The van der Waals surface area contributed by atoms with Gasteiger partial charge in [-0.25, -0.2) is 4.79 Å². The van der Waals surface area contributed by atoms with Crippen LogP contribution in [0.3, 0.4) is 0 Å². The van der Waals surface area contributed by atoms with Crippen LogP contribution in [-0.2, 0) is 37.7 Å². The summed E-state index contributed by atoms with van der Waals surface area (Å²) in [6, 6.07) is 14.5. The molecule has 1 saturated heterocycles. The molecule has 2 aromatic rings. The first-order chi connectivity index (χ1) is 18.8. The number of hydrogen-bond donors (Lipinski definition) is 2. The Hall–Kier alpha value is -4.27. The summed E-state index contributed by atoms with van der Waals surface area (Å²) in [5.74, 6) is -0.848. The molecule has 5 amide bonds. The fourth-order valence-corrected chi connectivity index (χ4v) is 6.03. The number of amides is 5. The molecule has 200 valence electrons. The van der Waals surface area contributed by atoms with Gasteiger partial charge in [0.15, 0.2) is 5.78 Å². The van der Waals surface area contributed by atoms with E-state index in [0.29, 0.717) is 42.0 Å². The average molecular weight is 527 g/mol. The Morgan fingerprint density at radius 3 is 2.59 bits per heavy atom. The Morgan fingerprint density at radius 1 is 1.10 bits per heavy atom. The molecule has 2 aliphatic carbocycles. The number of aryl methyl sites for hydroxylation is 1. The molecule has 39 heavy (non-hydrogen) atoms. The molecule has 9 nitrogen and oxygen atoms in total. The van der Waals surface area contributed by atoms with E-state index in [2.05, 4.69) is 10.6 Å². The van der Waals surface area contributed by atoms with Gasteiger partial charge >= 0.3 is 6.03 Å². The number of allylic oxidation sites excluding steroid dienone is 1. The molecule has 2 aromatic carbocycles. The Balaban J connectivity index is 1.23. The molecule has 1 spiro atoms. The van der Waals surface area contributed by atoms with E-state index >= 15 is 0 Å². The van der Waals surface area contributed by atoms with Gasteiger partial charge in [-0.15, -0.1) is 0 Å². The number of hydrogen-bond acceptors (Lipinski definition) is 5. The molecule has 0 radical (unpaired) electrons. The van der Waals surface area contributed by atoms with Crippen molar-refractivity contribution in [3.05, 3.63) is 77.0 Å². The van der Waals surface area contributed by atoms with Crippen molar-refractivity contribution in [2.24, 2.45) is 5.92 Å². The van der Waals surface area contributed by atoms with E-state index < -0.39 is 17.5 Å². The smallest absolute Gasteiger partial charge is 0.325 e. The summed E-state index contributed by atoms with van der Waals surface area (Å²) in [4.78, 5) is 67.2. The van der Waals surface area contributed by atoms with Crippen LogP contribution in [0.15, 0.2) is 54.7 Å². The van der Waals surface area contributed by atoms with E-state index in [-0.39, 0.29) is 36.6 Å². The quantitative estimate of drug-likeness (QED) is 0.425. The molecule has 4 aliphatic rings. The van der Waals surface area contributed by atoms with Gasteiger partial charge in [0.2, 0.25) is 11.8 Å². The van der Waals surface area contributed by atoms with Crippen molar-refractivity contribution < 1.29 is 24.0 Å². The minimum atomic E-state index is -1.23. The summed E-state index contributed by atoms with van der Waals surface area (Å²) < 4.78 is 0. The van der Waals surface area contributed by atoms with E-state index in [0.717, 1.165) is 28.9 Å². The maximum absolute atomic E-state index is 13.8. The van der Waals surface area contributed by atoms with Crippen molar-refractivity contribution in [3.8, 4) is 0 Å². The minimum absolute atomic E-state index is 0.0136. The Bertz CT molecular complexity index is 1430. The molecular formula is C30H30N4O5. The van der Waals surface area contributed by atoms with Crippen molar-refractivity contribution in [1.29, 1.82) is 0 Å². The van der Waals surface area contributed by atoms with Crippen molar-refractivity contribution in [2.75, 3.05) is 6.54 Å². The van der Waals surface area contributed by atoms with Gasteiger partial charge < -0.3 is 15.5 Å². The fraction of sp³-hybridized carbons (Fsp3) is 0.367. The normalized spacial score (nSPS) is 22.9. The lowest BCUT2D eigenvalue weighted by molar-refractivity contribution is -0.141. The second-order valence-electron chi connectivity index (χ2n) is 10.9. The van der Waals surface area contributed by atoms with Crippen LogP contribution in [-0.4, -0.2) is 51.9 Å². The van der Waals surface area contributed by atoms with Gasteiger partial charge in [0.05, 0.1) is 6.42 Å². The predicted molar refractivity (Wildman–Crippen MR) is 142 cm³/mol. The molecule has 2 aliphatic heterocycles. The molecule has 9 heteroatoms. The van der Waals surface area contributed by atoms with Crippen molar-refractivity contribution in [3.63, 3.8) is 0 Å². The number of nitrogens with zero attached hydrogens (tertiary/aromatic N) is 2. The topological polar surface area (TPSA) is 116 Å². The molecule has 6 rings (SSSR count). The standard InChI is InChI=1S/C30H30N4O5/c1-18(20-7-8-20)33(16-19-5-3-2-4-6-19)27(37)17-34-28(38)30(32-29(34)39)12-11-22-13-21(9-10-24(22)30)23-15-31-26(36)14-25(23)35/h2-6,9-10,13,15,18,20H,7-8,11-12,14,16-17H2,1H3,(H,31,36)(H,32,39)/t18-,30?/m0/s1. The third-order valence-corrected chi connectivity index (χ3v) is 8.43. The first-order valence-electron chi connectivity index (χ1n) is 13.4. The number of urea groups is 1. The van der Waals surface area contributed by atoms with Gasteiger partial charge in [-0.05, 0) is 60.8 Å². The summed E-state index contributed by atoms with van der Waals surface area (Å²) in [7, 11) is 0. The van der Waals surface area contributed by atoms with Crippen LogP contribution >= 0.6 is 0 Å². The summed E-state index contributed by atoms with van der Waals surface area (Å²) in [5.41, 5.74) is 2.38. The highest BCUT2D eigenvalue weighted by molar-refractivity contribution is 6.27. The Morgan fingerprint density at radius 2 is 1.87 bits per heavy atom. The Kier molecular flexibility index (Phi) is 6.09. The van der Waals surface area contributed by atoms with E-state index in [9.17, 15) is 24.0 Å². The van der Waals surface area contributed by atoms with E-state index in [4.69, 9.17) is 0 Å². The average Bonchev–Trinajstić information content (AvgIpc) is 3.68. The molecule has 0 aromatic heterocycles. The molecule has 2 heterocycles. The van der Waals surface area contributed by atoms with Gasteiger partial charge in [0.25, 0.3) is 5.91 Å².